The van der Waals surface area contributed by atoms with E-state index in [2.05, 4.69) is 5.32 Å². The number of hydrogen-bond acceptors (Lipinski definition) is 3. The SMILES string of the molecule is CC(C)Oc1cccc(NC(=O)c2ccccc2OCc2ccccc2)c1. The van der Waals surface area contributed by atoms with E-state index >= 15 is 0 Å². The third kappa shape index (κ3) is 5.35. The third-order valence-electron chi connectivity index (χ3n) is 3.83. The van der Waals surface area contributed by atoms with Crippen LogP contribution in [0, 0.1) is 0 Å². The van der Waals surface area contributed by atoms with Gasteiger partial charge in [0.15, 0.2) is 0 Å². The lowest BCUT2D eigenvalue weighted by atomic mass is 10.1. The Labute approximate surface area is 159 Å². The summed E-state index contributed by atoms with van der Waals surface area (Å²) < 4.78 is 11.6. The molecule has 3 aromatic rings. The second-order valence-electron chi connectivity index (χ2n) is 6.42. The molecule has 0 aliphatic heterocycles. The van der Waals surface area contributed by atoms with Crippen LogP contribution in [-0.2, 0) is 6.61 Å². The number of amides is 1. The molecule has 0 aromatic heterocycles. The fourth-order valence-corrected chi connectivity index (χ4v) is 2.63. The quantitative estimate of drug-likeness (QED) is 0.621. The molecule has 27 heavy (non-hydrogen) atoms. The van der Waals surface area contributed by atoms with E-state index in [1.54, 1.807) is 12.1 Å². The van der Waals surface area contributed by atoms with Crippen LogP contribution in [0.3, 0.4) is 0 Å². The minimum Gasteiger partial charge on any atom is -0.491 e. The van der Waals surface area contributed by atoms with Crippen molar-refractivity contribution in [3.8, 4) is 11.5 Å². The lowest BCUT2D eigenvalue weighted by Crippen LogP contribution is -2.14. The summed E-state index contributed by atoms with van der Waals surface area (Å²) in [4.78, 5) is 12.7. The number of nitrogens with one attached hydrogen (secondary N) is 1. The average molecular weight is 361 g/mol. The van der Waals surface area contributed by atoms with Gasteiger partial charge in [-0.15, -0.1) is 0 Å². The molecule has 0 aliphatic carbocycles. The van der Waals surface area contributed by atoms with Crippen molar-refractivity contribution in [3.05, 3.63) is 90.0 Å². The summed E-state index contributed by atoms with van der Waals surface area (Å²) in [5.74, 6) is 1.05. The van der Waals surface area contributed by atoms with Gasteiger partial charge in [-0.25, -0.2) is 0 Å². The zero-order valence-corrected chi connectivity index (χ0v) is 15.5. The maximum absolute atomic E-state index is 12.7. The van der Waals surface area contributed by atoms with Gasteiger partial charge in [-0.05, 0) is 43.7 Å². The lowest BCUT2D eigenvalue weighted by molar-refractivity contribution is 0.102. The minimum atomic E-state index is -0.222. The molecule has 0 radical (unpaired) electrons. The van der Waals surface area contributed by atoms with Crippen LogP contribution < -0.4 is 14.8 Å². The van der Waals surface area contributed by atoms with Gasteiger partial charge >= 0.3 is 0 Å². The van der Waals surface area contributed by atoms with Gasteiger partial charge in [0.25, 0.3) is 5.91 Å². The Morgan fingerprint density at radius 3 is 2.44 bits per heavy atom. The Morgan fingerprint density at radius 1 is 0.926 bits per heavy atom. The highest BCUT2D eigenvalue weighted by Gasteiger charge is 2.13. The van der Waals surface area contributed by atoms with Crippen LogP contribution in [0.2, 0.25) is 0 Å². The summed E-state index contributed by atoms with van der Waals surface area (Å²) in [7, 11) is 0. The first kappa shape index (κ1) is 18.5. The van der Waals surface area contributed by atoms with Crippen LogP contribution in [0.25, 0.3) is 0 Å². The van der Waals surface area contributed by atoms with Crippen LogP contribution in [0.15, 0.2) is 78.9 Å². The number of carbonyl (C=O) groups is 1. The van der Waals surface area contributed by atoms with Gasteiger partial charge in [0, 0.05) is 11.8 Å². The minimum absolute atomic E-state index is 0.0723. The number of hydrogen-bond donors (Lipinski definition) is 1. The molecule has 0 bridgehead atoms. The summed E-state index contributed by atoms with van der Waals surface area (Å²) >= 11 is 0. The normalized spacial score (nSPS) is 10.5. The van der Waals surface area contributed by atoms with Gasteiger partial charge in [-0.1, -0.05) is 48.5 Å². The summed E-state index contributed by atoms with van der Waals surface area (Å²) in [6.45, 7) is 4.33. The Kier molecular flexibility index (Phi) is 6.10. The molecule has 0 fully saturated rings. The van der Waals surface area contributed by atoms with Crippen molar-refractivity contribution in [2.24, 2.45) is 0 Å². The second kappa shape index (κ2) is 8.90. The van der Waals surface area contributed by atoms with E-state index < -0.39 is 0 Å². The van der Waals surface area contributed by atoms with Crippen molar-refractivity contribution >= 4 is 11.6 Å². The fourth-order valence-electron chi connectivity index (χ4n) is 2.63. The number of rotatable bonds is 7. The van der Waals surface area contributed by atoms with Crippen molar-refractivity contribution in [2.75, 3.05) is 5.32 Å². The van der Waals surface area contributed by atoms with Crippen molar-refractivity contribution in [3.63, 3.8) is 0 Å². The van der Waals surface area contributed by atoms with Crippen molar-refractivity contribution in [1.82, 2.24) is 0 Å². The van der Waals surface area contributed by atoms with Gasteiger partial charge in [-0.3, -0.25) is 4.79 Å². The maximum atomic E-state index is 12.7. The van der Waals surface area contributed by atoms with E-state index in [-0.39, 0.29) is 12.0 Å². The first-order valence-electron chi connectivity index (χ1n) is 8.95. The number of anilines is 1. The highest BCUT2D eigenvalue weighted by atomic mass is 16.5. The van der Waals surface area contributed by atoms with Gasteiger partial charge in [0.05, 0.1) is 11.7 Å². The number of para-hydroxylation sites is 1. The van der Waals surface area contributed by atoms with Crippen LogP contribution in [-0.4, -0.2) is 12.0 Å². The van der Waals surface area contributed by atoms with E-state index in [1.807, 2.05) is 80.6 Å². The predicted molar refractivity (Wildman–Crippen MR) is 107 cm³/mol. The lowest BCUT2D eigenvalue weighted by Gasteiger charge is -2.13. The monoisotopic (exact) mass is 361 g/mol. The van der Waals surface area contributed by atoms with E-state index in [0.717, 1.165) is 11.3 Å². The molecule has 138 valence electrons. The van der Waals surface area contributed by atoms with Crippen molar-refractivity contribution in [2.45, 2.75) is 26.6 Å². The van der Waals surface area contributed by atoms with Crippen molar-refractivity contribution < 1.29 is 14.3 Å². The van der Waals surface area contributed by atoms with E-state index in [4.69, 9.17) is 9.47 Å². The Balaban J connectivity index is 1.71. The first-order chi connectivity index (χ1) is 13.1. The standard InChI is InChI=1S/C23H23NO3/c1-17(2)27-20-12-8-11-19(15-20)24-23(25)21-13-6-7-14-22(21)26-16-18-9-4-3-5-10-18/h3-15,17H,16H2,1-2H3,(H,24,25). The summed E-state index contributed by atoms with van der Waals surface area (Å²) in [5.41, 5.74) is 2.21. The Bertz CT molecular complexity index is 891. The van der Waals surface area contributed by atoms with Crippen LogP contribution in [0.4, 0.5) is 5.69 Å². The van der Waals surface area contributed by atoms with E-state index in [9.17, 15) is 4.79 Å². The van der Waals surface area contributed by atoms with Crippen LogP contribution in [0.5, 0.6) is 11.5 Å². The van der Waals surface area contributed by atoms with Crippen molar-refractivity contribution in [1.29, 1.82) is 0 Å². The molecule has 0 saturated heterocycles. The third-order valence-corrected chi connectivity index (χ3v) is 3.83. The molecular formula is C23H23NO3. The fraction of sp³-hybridized carbons (Fsp3) is 0.174. The molecule has 1 amide bonds. The molecule has 0 atom stereocenters. The molecule has 0 saturated carbocycles. The van der Waals surface area contributed by atoms with Crippen LogP contribution in [0.1, 0.15) is 29.8 Å². The van der Waals surface area contributed by atoms with E-state index in [1.165, 1.54) is 0 Å². The summed E-state index contributed by atoms with van der Waals surface area (Å²) in [5, 5.41) is 2.91. The molecule has 3 rings (SSSR count). The van der Waals surface area contributed by atoms with Gasteiger partial charge in [0.1, 0.15) is 18.1 Å². The topological polar surface area (TPSA) is 47.6 Å². The molecule has 0 aliphatic rings. The van der Waals surface area contributed by atoms with E-state index in [0.29, 0.717) is 23.6 Å². The zero-order valence-electron chi connectivity index (χ0n) is 15.5. The Hall–Kier alpha value is -3.27. The molecular weight excluding hydrogens is 338 g/mol. The van der Waals surface area contributed by atoms with Crippen LogP contribution >= 0.6 is 0 Å². The maximum Gasteiger partial charge on any atom is 0.259 e. The molecule has 4 nitrogen and oxygen atoms in total. The molecule has 0 unspecified atom stereocenters. The number of benzene rings is 3. The second-order valence-corrected chi connectivity index (χ2v) is 6.42. The Morgan fingerprint density at radius 2 is 1.67 bits per heavy atom. The molecule has 0 heterocycles. The molecule has 1 N–H and O–H groups in total. The highest BCUT2D eigenvalue weighted by molar-refractivity contribution is 6.06. The molecule has 3 aromatic carbocycles. The van der Waals surface area contributed by atoms with Gasteiger partial charge in [0.2, 0.25) is 0 Å². The summed E-state index contributed by atoms with van der Waals surface area (Å²) in [6.07, 6.45) is 0.0723. The smallest absolute Gasteiger partial charge is 0.259 e. The summed E-state index contributed by atoms with van der Waals surface area (Å²) in [6, 6.07) is 24.5. The number of ether oxygens (including phenoxy) is 2. The first-order valence-corrected chi connectivity index (χ1v) is 8.95. The zero-order chi connectivity index (χ0) is 19.1. The highest BCUT2D eigenvalue weighted by Crippen LogP contribution is 2.23. The predicted octanol–water partition coefficient (Wildman–Crippen LogP) is 5.31. The molecule has 4 heteroatoms. The largest absolute Gasteiger partial charge is 0.491 e. The average Bonchev–Trinajstić information content (AvgIpc) is 2.67. The number of carbonyl (C=O) groups excluding carboxylic acids is 1. The van der Waals surface area contributed by atoms with Gasteiger partial charge < -0.3 is 14.8 Å². The molecule has 0 spiro atoms. The van der Waals surface area contributed by atoms with Gasteiger partial charge in [-0.2, -0.15) is 0 Å².